The van der Waals surface area contributed by atoms with Crippen LogP contribution in [-0.4, -0.2) is 22.9 Å². The molecule has 6 heteroatoms. The molecule has 2 N–H and O–H groups in total. The summed E-state index contributed by atoms with van der Waals surface area (Å²) in [7, 11) is -3.45. The molecule has 0 aliphatic carbocycles. The quantitative estimate of drug-likeness (QED) is 0.599. The number of carbonyl (C=O) groups is 1. The minimum atomic E-state index is -4.54. The first-order chi connectivity index (χ1) is 6.96. The SMILES string of the molecule is COC(=O)C(c1ccccc1)P(=O)(O)O. The van der Waals surface area contributed by atoms with Crippen LogP contribution in [0.2, 0.25) is 0 Å². The Morgan fingerprint density at radius 3 is 2.27 bits per heavy atom. The second-order valence-electron chi connectivity index (χ2n) is 2.93. The second-order valence-corrected chi connectivity index (χ2v) is 4.62. The van der Waals surface area contributed by atoms with E-state index in [1.807, 2.05) is 0 Å². The topological polar surface area (TPSA) is 83.8 Å². The van der Waals surface area contributed by atoms with Gasteiger partial charge in [0, 0.05) is 0 Å². The molecule has 1 aromatic rings. The number of hydrogen-bond donors (Lipinski definition) is 2. The molecule has 0 fully saturated rings. The molecule has 0 bridgehead atoms. The average Bonchev–Trinajstić information content (AvgIpc) is 2.17. The van der Waals surface area contributed by atoms with Crippen LogP contribution in [0.3, 0.4) is 0 Å². The first-order valence-corrected chi connectivity index (χ1v) is 5.83. The van der Waals surface area contributed by atoms with Gasteiger partial charge in [0.1, 0.15) is 0 Å². The molecule has 0 aliphatic heterocycles. The molecule has 0 spiro atoms. The fourth-order valence-electron chi connectivity index (χ4n) is 1.21. The molecule has 0 radical (unpaired) electrons. The van der Waals surface area contributed by atoms with Crippen LogP contribution in [0, 0.1) is 0 Å². The summed E-state index contributed by atoms with van der Waals surface area (Å²) in [6.07, 6.45) is 0. The van der Waals surface area contributed by atoms with Crippen LogP contribution in [-0.2, 0) is 14.1 Å². The number of ether oxygens (including phenoxy) is 1. The monoisotopic (exact) mass is 230 g/mol. The summed E-state index contributed by atoms with van der Waals surface area (Å²) in [6.45, 7) is 0. The summed E-state index contributed by atoms with van der Waals surface area (Å²) in [5.41, 5.74) is -1.29. The molecule has 1 aromatic carbocycles. The van der Waals surface area contributed by atoms with Gasteiger partial charge in [-0.25, -0.2) is 0 Å². The van der Waals surface area contributed by atoms with E-state index in [-0.39, 0.29) is 5.56 Å². The third-order valence-electron chi connectivity index (χ3n) is 1.88. The Kier molecular flexibility index (Phi) is 3.63. The van der Waals surface area contributed by atoms with Crippen molar-refractivity contribution in [3.8, 4) is 0 Å². The molecule has 5 nitrogen and oxygen atoms in total. The molecule has 0 aliphatic rings. The molecule has 0 aromatic heterocycles. The Balaban J connectivity index is 3.14. The Bertz CT molecular complexity index is 383. The van der Waals surface area contributed by atoms with Crippen LogP contribution >= 0.6 is 7.60 Å². The lowest BCUT2D eigenvalue weighted by molar-refractivity contribution is -0.140. The zero-order valence-electron chi connectivity index (χ0n) is 8.03. The highest BCUT2D eigenvalue weighted by molar-refractivity contribution is 7.53. The lowest BCUT2D eigenvalue weighted by atomic mass is 10.1. The van der Waals surface area contributed by atoms with Crippen LogP contribution in [0.15, 0.2) is 30.3 Å². The van der Waals surface area contributed by atoms with Gasteiger partial charge in [-0.1, -0.05) is 30.3 Å². The standard InChI is InChI=1S/C9H11O5P/c1-14-9(10)8(15(11,12)13)7-5-3-2-4-6-7/h2-6,8H,1H3,(H2,11,12,13). The highest BCUT2D eigenvalue weighted by Crippen LogP contribution is 2.52. The van der Waals surface area contributed by atoms with Gasteiger partial charge >= 0.3 is 13.6 Å². The number of rotatable bonds is 3. The number of hydrogen-bond acceptors (Lipinski definition) is 3. The molecule has 1 unspecified atom stereocenters. The van der Waals surface area contributed by atoms with Crippen molar-refractivity contribution >= 4 is 13.6 Å². The molecular formula is C9H11O5P. The van der Waals surface area contributed by atoms with Crippen molar-refractivity contribution in [2.75, 3.05) is 7.11 Å². The summed E-state index contributed by atoms with van der Waals surface area (Å²) in [6, 6.07) is 7.83. The summed E-state index contributed by atoms with van der Waals surface area (Å²) < 4.78 is 15.5. The van der Waals surface area contributed by atoms with E-state index in [0.29, 0.717) is 0 Å². The van der Waals surface area contributed by atoms with Crippen molar-refractivity contribution in [1.82, 2.24) is 0 Å². The number of benzene rings is 1. The predicted molar refractivity (Wildman–Crippen MR) is 53.2 cm³/mol. The van der Waals surface area contributed by atoms with E-state index in [0.717, 1.165) is 7.11 Å². The molecule has 0 heterocycles. The molecule has 15 heavy (non-hydrogen) atoms. The molecule has 0 amide bonds. The summed E-state index contributed by atoms with van der Waals surface area (Å²) in [5.74, 6) is -0.936. The van der Waals surface area contributed by atoms with Crippen molar-refractivity contribution in [1.29, 1.82) is 0 Å². The number of carbonyl (C=O) groups excluding carboxylic acids is 1. The van der Waals surface area contributed by atoms with E-state index < -0.39 is 19.2 Å². The predicted octanol–water partition coefficient (Wildman–Crippen LogP) is 1.08. The van der Waals surface area contributed by atoms with E-state index in [9.17, 15) is 9.36 Å². The zero-order chi connectivity index (χ0) is 11.5. The second kappa shape index (κ2) is 4.57. The van der Waals surface area contributed by atoms with Crippen LogP contribution in [0.25, 0.3) is 0 Å². The van der Waals surface area contributed by atoms with Crippen LogP contribution < -0.4 is 0 Å². The minimum Gasteiger partial charge on any atom is -0.468 e. The van der Waals surface area contributed by atoms with E-state index >= 15 is 0 Å². The van der Waals surface area contributed by atoms with E-state index in [1.54, 1.807) is 18.2 Å². The number of methoxy groups -OCH3 is 1. The van der Waals surface area contributed by atoms with Crippen molar-refractivity contribution in [2.45, 2.75) is 5.66 Å². The van der Waals surface area contributed by atoms with Gasteiger partial charge in [0.25, 0.3) is 0 Å². The first kappa shape index (κ1) is 11.9. The summed E-state index contributed by atoms with van der Waals surface area (Å²) >= 11 is 0. The van der Waals surface area contributed by atoms with Gasteiger partial charge in [-0.05, 0) is 5.56 Å². The average molecular weight is 230 g/mol. The molecule has 0 saturated heterocycles. The smallest absolute Gasteiger partial charge is 0.344 e. The maximum atomic E-state index is 11.2. The third kappa shape index (κ3) is 2.89. The van der Waals surface area contributed by atoms with Gasteiger partial charge in [-0.15, -0.1) is 0 Å². The lowest BCUT2D eigenvalue weighted by Crippen LogP contribution is -2.14. The Morgan fingerprint density at radius 1 is 1.33 bits per heavy atom. The minimum absolute atomic E-state index is 0.248. The normalized spacial score (nSPS) is 13.3. The van der Waals surface area contributed by atoms with Gasteiger partial charge in [0.2, 0.25) is 0 Å². The van der Waals surface area contributed by atoms with Crippen molar-refractivity contribution in [3.63, 3.8) is 0 Å². The van der Waals surface area contributed by atoms with Gasteiger partial charge in [0.05, 0.1) is 7.11 Å². The molecule has 0 saturated carbocycles. The van der Waals surface area contributed by atoms with Crippen LogP contribution in [0.4, 0.5) is 0 Å². The highest BCUT2D eigenvalue weighted by Gasteiger charge is 2.37. The molecule has 1 rings (SSSR count). The highest BCUT2D eigenvalue weighted by atomic mass is 31.2. The molecule has 82 valence electrons. The van der Waals surface area contributed by atoms with Gasteiger partial charge in [-0.2, -0.15) is 0 Å². The van der Waals surface area contributed by atoms with Crippen LogP contribution in [0.5, 0.6) is 0 Å². The van der Waals surface area contributed by atoms with Crippen molar-refractivity contribution < 1.29 is 23.9 Å². The van der Waals surface area contributed by atoms with Gasteiger partial charge in [0.15, 0.2) is 5.66 Å². The van der Waals surface area contributed by atoms with Crippen molar-refractivity contribution in [3.05, 3.63) is 35.9 Å². The fourth-order valence-corrected chi connectivity index (χ4v) is 2.16. The van der Waals surface area contributed by atoms with E-state index in [1.165, 1.54) is 12.1 Å². The molecule has 1 atom stereocenters. The van der Waals surface area contributed by atoms with Gasteiger partial charge in [-0.3, -0.25) is 9.36 Å². The van der Waals surface area contributed by atoms with Gasteiger partial charge < -0.3 is 14.5 Å². The Morgan fingerprint density at radius 2 is 1.87 bits per heavy atom. The Hall–Kier alpha value is -1.16. The molecular weight excluding hydrogens is 219 g/mol. The third-order valence-corrected chi connectivity index (χ3v) is 3.06. The lowest BCUT2D eigenvalue weighted by Gasteiger charge is -2.15. The number of esters is 1. The van der Waals surface area contributed by atoms with E-state index in [2.05, 4.69) is 4.74 Å². The first-order valence-electron chi connectivity index (χ1n) is 4.15. The summed E-state index contributed by atoms with van der Waals surface area (Å²) in [5, 5.41) is 0. The van der Waals surface area contributed by atoms with Crippen LogP contribution in [0.1, 0.15) is 11.2 Å². The zero-order valence-corrected chi connectivity index (χ0v) is 8.92. The fraction of sp³-hybridized carbons (Fsp3) is 0.222. The Labute approximate surface area is 86.9 Å². The largest absolute Gasteiger partial charge is 0.468 e. The summed E-state index contributed by atoms with van der Waals surface area (Å²) in [4.78, 5) is 29.3. The van der Waals surface area contributed by atoms with E-state index in [4.69, 9.17) is 9.79 Å². The maximum absolute atomic E-state index is 11.2. The van der Waals surface area contributed by atoms with Crippen molar-refractivity contribution in [2.24, 2.45) is 0 Å². The maximum Gasteiger partial charge on any atom is 0.344 e.